The summed E-state index contributed by atoms with van der Waals surface area (Å²) >= 11 is 0. The van der Waals surface area contributed by atoms with Crippen LogP contribution in [0.5, 0.6) is 0 Å². The SMILES string of the molecule is CN1Cc2c(cccc2N2CCCc3cc(-c4cnn(C)c4)c(C(F)F)cc32)NC1=O. The van der Waals surface area contributed by atoms with Crippen molar-refractivity contribution in [3.8, 4) is 11.1 Å². The van der Waals surface area contributed by atoms with Gasteiger partial charge in [0, 0.05) is 60.6 Å². The minimum Gasteiger partial charge on any atom is -0.341 e. The monoisotopic (exact) mass is 423 g/mol. The number of benzene rings is 2. The molecule has 8 heteroatoms. The second-order valence-corrected chi connectivity index (χ2v) is 8.12. The van der Waals surface area contributed by atoms with Crippen molar-refractivity contribution in [3.63, 3.8) is 0 Å². The molecular formula is C23H23F2N5O. The molecule has 2 amide bonds. The van der Waals surface area contributed by atoms with Gasteiger partial charge in [0.05, 0.1) is 12.7 Å². The van der Waals surface area contributed by atoms with Crippen molar-refractivity contribution >= 4 is 23.1 Å². The van der Waals surface area contributed by atoms with Gasteiger partial charge in [0.15, 0.2) is 0 Å². The fraction of sp³-hybridized carbons (Fsp3) is 0.304. The average molecular weight is 423 g/mol. The van der Waals surface area contributed by atoms with E-state index in [0.29, 0.717) is 17.7 Å². The number of halogens is 2. The first kappa shape index (κ1) is 19.5. The Morgan fingerprint density at radius 1 is 1.16 bits per heavy atom. The normalized spacial score (nSPS) is 15.7. The van der Waals surface area contributed by atoms with E-state index in [1.807, 2.05) is 24.3 Å². The summed E-state index contributed by atoms with van der Waals surface area (Å²) in [5.41, 5.74) is 5.79. The summed E-state index contributed by atoms with van der Waals surface area (Å²) in [6, 6.07) is 9.15. The largest absolute Gasteiger partial charge is 0.341 e. The van der Waals surface area contributed by atoms with Gasteiger partial charge in [-0.15, -0.1) is 0 Å². The van der Waals surface area contributed by atoms with Crippen LogP contribution in [0.4, 0.5) is 30.6 Å². The molecule has 1 N–H and O–H groups in total. The van der Waals surface area contributed by atoms with E-state index in [2.05, 4.69) is 15.3 Å². The number of nitrogens with zero attached hydrogens (tertiary/aromatic N) is 4. The van der Waals surface area contributed by atoms with Gasteiger partial charge in [0.1, 0.15) is 0 Å². The molecule has 0 spiro atoms. The number of aryl methyl sites for hydroxylation is 2. The second kappa shape index (κ2) is 7.37. The number of alkyl halides is 2. The third kappa shape index (κ3) is 3.32. The summed E-state index contributed by atoms with van der Waals surface area (Å²) in [4.78, 5) is 15.8. The van der Waals surface area contributed by atoms with E-state index in [1.165, 1.54) is 0 Å². The summed E-state index contributed by atoms with van der Waals surface area (Å²) in [6.07, 6.45) is 2.54. The topological polar surface area (TPSA) is 53.4 Å². The summed E-state index contributed by atoms with van der Waals surface area (Å²) in [5, 5.41) is 7.06. The van der Waals surface area contributed by atoms with Crippen LogP contribution in [-0.4, -0.2) is 34.3 Å². The lowest BCUT2D eigenvalue weighted by atomic mass is 9.92. The maximum atomic E-state index is 14.1. The zero-order valence-corrected chi connectivity index (χ0v) is 17.4. The van der Waals surface area contributed by atoms with Gasteiger partial charge in [-0.25, -0.2) is 13.6 Å². The first-order chi connectivity index (χ1) is 14.9. The van der Waals surface area contributed by atoms with Crippen LogP contribution in [0, 0.1) is 0 Å². The zero-order valence-electron chi connectivity index (χ0n) is 17.4. The number of urea groups is 1. The standard InChI is InChI=1S/C23H23F2N5O/c1-28-13-18-19(27-23(28)31)6-3-7-20(18)30-8-4-5-14-9-16(15-11-26-29(2)12-15)17(22(24)25)10-21(14)30/h3,6-7,9-12,22H,4-5,8,13H2,1-2H3,(H,27,31). The number of anilines is 3. The molecule has 2 aliphatic rings. The fourth-order valence-corrected chi connectivity index (χ4v) is 4.52. The van der Waals surface area contributed by atoms with Crippen molar-refractivity contribution in [2.24, 2.45) is 7.05 Å². The lowest BCUT2D eigenvalue weighted by molar-refractivity contribution is 0.152. The van der Waals surface area contributed by atoms with E-state index in [-0.39, 0.29) is 11.6 Å². The molecule has 0 bridgehead atoms. The molecule has 0 aliphatic carbocycles. The van der Waals surface area contributed by atoms with Gasteiger partial charge in [-0.05, 0) is 48.2 Å². The van der Waals surface area contributed by atoms with Crippen LogP contribution >= 0.6 is 0 Å². The zero-order chi connectivity index (χ0) is 21.7. The van der Waals surface area contributed by atoms with Crippen molar-refractivity contribution in [2.75, 3.05) is 23.8 Å². The lowest BCUT2D eigenvalue weighted by Gasteiger charge is -2.36. The molecule has 0 atom stereocenters. The number of amides is 2. The minimum absolute atomic E-state index is 0.00821. The predicted octanol–water partition coefficient (Wildman–Crippen LogP) is 5.09. The number of carbonyl (C=O) groups excluding carboxylic acids is 1. The number of aromatic nitrogens is 2. The Morgan fingerprint density at radius 2 is 2.00 bits per heavy atom. The third-order valence-electron chi connectivity index (χ3n) is 6.05. The summed E-state index contributed by atoms with van der Waals surface area (Å²) in [7, 11) is 3.52. The highest BCUT2D eigenvalue weighted by molar-refractivity contribution is 5.94. The number of rotatable bonds is 3. The van der Waals surface area contributed by atoms with Gasteiger partial charge in [-0.3, -0.25) is 4.68 Å². The maximum Gasteiger partial charge on any atom is 0.321 e. The van der Waals surface area contributed by atoms with E-state index < -0.39 is 6.43 Å². The Bertz CT molecular complexity index is 1170. The molecule has 0 fully saturated rings. The van der Waals surface area contributed by atoms with Crippen LogP contribution in [0.3, 0.4) is 0 Å². The smallest absolute Gasteiger partial charge is 0.321 e. The Labute approximate surface area is 179 Å². The molecule has 3 aromatic rings. The Kier molecular flexibility index (Phi) is 4.64. The van der Waals surface area contributed by atoms with Gasteiger partial charge in [-0.1, -0.05) is 6.07 Å². The van der Waals surface area contributed by atoms with Crippen molar-refractivity contribution in [3.05, 3.63) is 59.4 Å². The number of hydrogen-bond acceptors (Lipinski definition) is 3. The van der Waals surface area contributed by atoms with Crippen LogP contribution in [0.25, 0.3) is 11.1 Å². The predicted molar refractivity (Wildman–Crippen MR) is 116 cm³/mol. The Hall–Kier alpha value is -3.42. The summed E-state index contributed by atoms with van der Waals surface area (Å²) in [6.45, 7) is 1.20. The first-order valence-electron chi connectivity index (χ1n) is 10.3. The summed E-state index contributed by atoms with van der Waals surface area (Å²) < 4.78 is 29.8. The molecule has 2 aromatic carbocycles. The fourth-order valence-electron chi connectivity index (χ4n) is 4.52. The molecule has 0 radical (unpaired) electrons. The van der Waals surface area contributed by atoms with Crippen molar-refractivity contribution < 1.29 is 13.6 Å². The number of fused-ring (bicyclic) bond motifs is 2. The molecule has 5 rings (SSSR count). The van der Waals surface area contributed by atoms with Gasteiger partial charge in [0.2, 0.25) is 0 Å². The second-order valence-electron chi connectivity index (χ2n) is 8.12. The molecule has 31 heavy (non-hydrogen) atoms. The number of nitrogens with one attached hydrogen (secondary N) is 1. The molecule has 0 saturated heterocycles. The van der Waals surface area contributed by atoms with E-state index in [4.69, 9.17) is 0 Å². The van der Waals surface area contributed by atoms with Crippen LogP contribution < -0.4 is 10.2 Å². The molecule has 0 unspecified atom stereocenters. The number of carbonyl (C=O) groups is 1. The molecular weight excluding hydrogens is 400 g/mol. The third-order valence-corrected chi connectivity index (χ3v) is 6.05. The molecule has 160 valence electrons. The van der Waals surface area contributed by atoms with Gasteiger partial charge < -0.3 is 15.1 Å². The maximum absolute atomic E-state index is 14.1. The van der Waals surface area contributed by atoms with Crippen LogP contribution in [0.2, 0.25) is 0 Å². The Balaban J connectivity index is 1.64. The van der Waals surface area contributed by atoms with Crippen LogP contribution in [-0.2, 0) is 20.0 Å². The van der Waals surface area contributed by atoms with Gasteiger partial charge >= 0.3 is 6.03 Å². The van der Waals surface area contributed by atoms with E-state index in [9.17, 15) is 13.6 Å². The minimum atomic E-state index is -2.60. The molecule has 3 heterocycles. The molecule has 0 saturated carbocycles. The lowest BCUT2D eigenvalue weighted by Crippen LogP contribution is -2.37. The highest BCUT2D eigenvalue weighted by atomic mass is 19.3. The van der Waals surface area contributed by atoms with E-state index in [1.54, 1.807) is 42.1 Å². The van der Waals surface area contributed by atoms with Crippen molar-refractivity contribution in [2.45, 2.75) is 25.8 Å². The van der Waals surface area contributed by atoms with E-state index in [0.717, 1.165) is 47.6 Å². The Morgan fingerprint density at radius 3 is 2.74 bits per heavy atom. The van der Waals surface area contributed by atoms with Crippen molar-refractivity contribution in [1.82, 2.24) is 14.7 Å². The van der Waals surface area contributed by atoms with Gasteiger partial charge in [0.25, 0.3) is 6.43 Å². The summed E-state index contributed by atoms with van der Waals surface area (Å²) in [5.74, 6) is 0. The number of hydrogen-bond donors (Lipinski definition) is 1. The van der Waals surface area contributed by atoms with Crippen LogP contribution in [0.1, 0.15) is 29.5 Å². The highest BCUT2D eigenvalue weighted by Gasteiger charge is 2.28. The molecule has 1 aromatic heterocycles. The average Bonchev–Trinajstić information content (AvgIpc) is 3.19. The first-order valence-corrected chi connectivity index (χ1v) is 10.3. The molecule has 2 aliphatic heterocycles. The van der Waals surface area contributed by atoms with E-state index >= 15 is 0 Å². The quantitative estimate of drug-likeness (QED) is 0.639. The highest BCUT2D eigenvalue weighted by Crippen LogP contribution is 2.43. The van der Waals surface area contributed by atoms with Crippen LogP contribution in [0.15, 0.2) is 42.7 Å². The molecule has 6 nitrogen and oxygen atoms in total. The van der Waals surface area contributed by atoms with Gasteiger partial charge in [-0.2, -0.15) is 5.10 Å². The van der Waals surface area contributed by atoms with Crippen molar-refractivity contribution in [1.29, 1.82) is 0 Å².